The van der Waals surface area contributed by atoms with E-state index in [0.29, 0.717) is 0 Å². The number of esters is 2. The summed E-state index contributed by atoms with van der Waals surface area (Å²) in [6, 6.07) is 1.05. The molecule has 0 spiro atoms. The molecular formula is C14H18N2O5S. The fourth-order valence-electron chi connectivity index (χ4n) is 2.24. The summed E-state index contributed by atoms with van der Waals surface area (Å²) in [5.41, 5.74) is -0.562. The lowest BCUT2D eigenvalue weighted by Gasteiger charge is -2.21. The van der Waals surface area contributed by atoms with Gasteiger partial charge >= 0.3 is 11.9 Å². The molecule has 22 heavy (non-hydrogen) atoms. The standard InChI is InChI=1S/C14H18N2O5S/c1-20-13(19)10-7-11(17)16-14(15-10)22-8-12(18)21-9-5-3-2-4-6-9/h7,9H,2-6,8H2,1H3,(H,15,16,17). The average Bonchev–Trinajstić information content (AvgIpc) is 2.52. The molecule has 8 heteroatoms. The number of H-pyrrole nitrogens is 1. The van der Waals surface area contributed by atoms with Gasteiger partial charge in [0, 0.05) is 6.07 Å². The molecule has 2 rings (SSSR count). The fraction of sp³-hybridized carbons (Fsp3) is 0.571. The molecule has 1 fully saturated rings. The van der Waals surface area contributed by atoms with Gasteiger partial charge < -0.3 is 14.5 Å². The monoisotopic (exact) mass is 326 g/mol. The number of methoxy groups -OCH3 is 1. The van der Waals surface area contributed by atoms with Crippen molar-refractivity contribution in [2.24, 2.45) is 0 Å². The lowest BCUT2D eigenvalue weighted by atomic mass is 9.98. The number of hydrogen-bond acceptors (Lipinski definition) is 7. The van der Waals surface area contributed by atoms with Crippen LogP contribution in [0.2, 0.25) is 0 Å². The smallest absolute Gasteiger partial charge is 0.356 e. The van der Waals surface area contributed by atoms with Gasteiger partial charge in [0.1, 0.15) is 6.10 Å². The minimum atomic E-state index is -0.697. The van der Waals surface area contributed by atoms with Crippen molar-refractivity contribution in [3.05, 3.63) is 22.1 Å². The van der Waals surface area contributed by atoms with Crippen molar-refractivity contribution in [3.8, 4) is 0 Å². The molecule has 0 aliphatic heterocycles. The van der Waals surface area contributed by atoms with Crippen LogP contribution in [0.1, 0.15) is 42.6 Å². The van der Waals surface area contributed by atoms with Gasteiger partial charge in [-0.05, 0) is 25.7 Å². The molecule has 7 nitrogen and oxygen atoms in total. The number of ether oxygens (including phenoxy) is 2. The highest BCUT2D eigenvalue weighted by atomic mass is 32.2. The number of rotatable bonds is 5. The summed E-state index contributed by atoms with van der Waals surface area (Å²) in [6.07, 6.45) is 5.17. The number of hydrogen-bond donors (Lipinski definition) is 1. The fourth-order valence-corrected chi connectivity index (χ4v) is 2.90. The zero-order chi connectivity index (χ0) is 15.9. The van der Waals surface area contributed by atoms with Gasteiger partial charge in [0.15, 0.2) is 10.9 Å². The van der Waals surface area contributed by atoms with Gasteiger partial charge in [0.25, 0.3) is 5.56 Å². The van der Waals surface area contributed by atoms with E-state index in [1.807, 2.05) is 0 Å². The Morgan fingerprint density at radius 2 is 2.09 bits per heavy atom. The highest BCUT2D eigenvalue weighted by Gasteiger charge is 2.18. The summed E-state index contributed by atoms with van der Waals surface area (Å²) < 4.78 is 9.89. The Morgan fingerprint density at radius 3 is 2.77 bits per heavy atom. The van der Waals surface area contributed by atoms with Crippen molar-refractivity contribution in [3.63, 3.8) is 0 Å². The molecule has 0 radical (unpaired) electrons. The Labute approximate surface area is 131 Å². The molecule has 1 aromatic rings. The van der Waals surface area contributed by atoms with Crippen molar-refractivity contribution < 1.29 is 19.1 Å². The van der Waals surface area contributed by atoms with Crippen LogP contribution in [-0.2, 0) is 14.3 Å². The zero-order valence-corrected chi connectivity index (χ0v) is 13.1. The molecule has 0 aromatic carbocycles. The zero-order valence-electron chi connectivity index (χ0n) is 12.3. The lowest BCUT2D eigenvalue weighted by molar-refractivity contribution is -0.147. The highest BCUT2D eigenvalue weighted by Crippen LogP contribution is 2.21. The van der Waals surface area contributed by atoms with E-state index >= 15 is 0 Å². The Bertz CT molecular complexity index is 595. The molecule has 0 amide bonds. The van der Waals surface area contributed by atoms with Crippen LogP contribution in [0, 0.1) is 0 Å². The Balaban J connectivity index is 1.90. The van der Waals surface area contributed by atoms with Crippen molar-refractivity contribution in [1.29, 1.82) is 0 Å². The van der Waals surface area contributed by atoms with E-state index < -0.39 is 11.5 Å². The molecule has 120 valence electrons. The van der Waals surface area contributed by atoms with E-state index in [1.54, 1.807) is 0 Å². The van der Waals surface area contributed by atoms with Gasteiger partial charge in [0.2, 0.25) is 0 Å². The molecule has 0 unspecified atom stereocenters. The SMILES string of the molecule is COC(=O)c1cc(=O)[nH]c(SCC(=O)OC2CCCCC2)n1. The number of carbonyl (C=O) groups excluding carboxylic acids is 2. The van der Waals surface area contributed by atoms with Crippen LogP contribution in [0.4, 0.5) is 0 Å². The second kappa shape index (κ2) is 7.98. The van der Waals surface area contributed by atoms with Crippen molar-refractivity contribution in [2.45, 2.75) is 43.4 Å². The first kappa shape index (κ1) is 16.5. The maximum absolute atomic E-state index is 11.8. The molecule has 1 aliphatic rings. The van der Waals surface area contributed by atoms with Gasteiger partial charge in [-0.15, -0.1) is 0 Å². The van der Waals surface area contributed by atoms with Crippen LogP contribution in [0.25, 0.3) is 0 Å². The maximum Gasteiger partial charge on any atom is 0.356 e. The quantitative estimate of drug-likeness (QED) is 0.497. The van der Waals surface area contributed by atoms with E-state index in [9.17, 15) is 14.4 Å². The van der Waals surface area contributed by atoms with Crippen LogP contribution < -0.4 is 5.56 Å². The second-order valence-electron chi connectivity index (χ2n) is 4.97. The molecule has 1 saturated carbocycles. The van der Waals surface area contributed by atoms with Crippen molar-refractivity contribution in [2.75, 3.05) is 12.9 Å². The minimum Gasteiger partial charge on any atom is -0.464 e. The summed E-state index contributed by atoms with van der Waals surface area (Å²) in [4.78, 5) is 41.0. The topological polar surface area (TPSA) is 98.4 Å². The first-order chi connectivity index (χ1) is 10.6. The number of nitrogens with one attached hydrogen (secondary N) is 1. The van der Waals surface area contributed by atoms with Gasteiger partial charge in [-0.1, -0.05) is 18.2 Å². The van der Waals surface area contributed by atoms with Gasteiger partial charge in [-0.25, -0.2) is 9.78 Å². The number of thioether (sulfide) groups is 1. The Kier molecular flexibility index (Phi) is 6.00. The number of aromatic amines is 1. The van der Waals surface area contributed by atoms with Crippen LogP contribution in [0.15, 0.2) is 16.0 Å². The second-order valence-corrected chi connectivity index (χ2v) is 5.93. The molecule has 1 aliphatic carbocycles. The van der Waals surface area contributed by atoms with E-state index in [0.717, 1.165) is 43.5 Å². The third-order valence-corrected chi connectivity index (χ3v) is 4.14. The van der Waals surface area contributed by atoms with E-state index in [-0.39, 0.29) is 28.7 Å². The minimum absolute atomic E-state index is 0.00439. The molecule has 0 atom stereocenters. The third-order valence-electron chi connectivity index (χ3n) is 3.29. The normalized spacial score (nSPS) is 15.3. The predicted octanol–water partition coefficient (Wildman–Crippen LogP) is 1.52. The summed E-state index contributed by atoms with van der Waals surface area (Å²) in [5, 5.41) is 0.188. The van der Waals surface area contributed by atoms with Gasteiger partial charge in [-0.3, -0.25) is 9.59 Å². The Morgan fingerprint density at radius 1 is 1.36 bits per heavy atom. The van der Waals surface area contributed by atoms with Crippen LogP contribution in [0.3, 0.4) is 0 Å². The summed E-state index contributed by atoms with van der Waals surface area (Å²) in [6.45, 7) is 0. The molecular weight excluding hydrogens is 308 g/mol. The number of nitrogens with zero attached hydrogens (tertiary/aromatic N) is 1. The largest absolute Gasteiger partial charge is 0.464 e. The van der Waals surface area contributed by atoms with E-state index in [4.69, 9.17) is 4.74 Å². The Hall–Kier alpha value is -1.83. The van der Waals surface area contributed by atoms with E-state index in [2.05, 4.69) is 14.7 Å². The molecule has 1 N–H and O–H groups in total. The van der Waals surface area contributed by atoms with Gasteiger partial charge in [0.05, 0.1) is 12.9 Å². The van der Waals surface area contributed by atoms with E-state index in [1.165, 1.54) is 13.5 Å². The molecule has 0 bridgehead atoms. The molecule has 1 heterocycles. The summed E-state index contributed by atoms with van der Waals surface area (Å²) >= 11 is 1.02. The molecule has 0 saturated heterocycles. The van der Waals surface area contributed by atoms with Crippen molar-refractivity contribution in [1.82, 2.24) is 9.97 Å². The third kappa shape index (κ3) is 4.87. The van der Waals surface area contributed by atoms with Crippen molar-refractivity contribution >= 4 is 23.7 Å². The van der Waals surface area contributed by atoms with Crippen LogP contribution in [-0.4, -0.2) is 40.9 Å². The number of carbonyl (C=O) groups is 2. The summed E-state index contributed by atoms with van der Waals surface area (Å²) in [7, 11) is 1.21. The first-order valence-corrected chi connectivity index (χ1v) is 8.09. The van der Waals surface area contributed by atoms with Crippen LogP contribution in [0.5, 0.6) is 0 Å². The first-order valence-electron chi connectivity index (χ1n) is 7.10. The average molecular weight is 326 g/mol. The highest BCUT2D eigenvalue weighted by molar-refractivity contribution is 7.99. The van der Waals surface area contributed by atoms with Crippen LogP contribution >= 0.6 is 11.8 Å². The predicted molar refractivity (Wildman–Crippen MR) is 79.9 cm³/mol. The maximum atomic E-state index is 11.8. The lowest BCUT2D eigenvalue weighted by Crippen LogP contribution is -2.22. The number of aromatic nitrogens is 2. The molecule has 1 aromatic heterocycles. The summed E-state index contributed by atoms with van der Waals surface area (Å²) in [5.74, 6) is -1.01. The van der Waals surface area contributed by atoms with Gasteiger partial charge in [-0.2, -0.15) is 0 Å².